The Kier molecular flexibility index (Phi) is 4.70. The lowest BCUT2D eigenvalue weighted by Gasteiger charge is -2.03. The minimum absolute atomic E-state index is 0.232. The average molecular weight is 324 g/mol. The van der Waals surface area contributed by atoms with Gasteiger partial charge < -0.3 is 10.1 Å². The molecule has 1 heterocycles. The van der Waals surface area contributed by atoms with Crippen molar-refractivity contribution in [1.82, 2.24) is 5.32 Å². The van der Waals surface area contributed by atoms with Gasteiger partial charge in [0.05, 0.1) is 7.11 Å². The molecule has 24 heavy (non-hydrogen) atoms. The first kappa shape index (κ1) is 15.9. The van der Waals surface area contributed by atoms with Crippen LogP contribution in [0.15, 0.2) is 59.2 Å². The lowest BCUT2D eigenvalue weighted by Crippen LogP contribution is -2.24. The Balaban J connectivity index is 1.66. The van der Waals surface area contributed by atoms with Crippen molar-refractivity contribution in [3.63, 3.8) is 0 Å². The molecule has 0 saturated heterocycles. The van der Waals surface area contributed by atoms with Crippen LogP contribution >= 0.6 is 0 Å². The Hall–Kier alpha value is -2.95. The highest BCUT2D eigenvalue weighted by molar-refractivity contribution is 6.14. The van der Waals surface area contributed by atoms with Crippen molar-refractivity contribution in [2.24, 2.45) is 4.99 Å². The van der Waals surface area contributed by atoms with Crippen LogP contribution < -0.4 is 10.1 Å². The third kappa shape index (κ3) is 3.87. The summed E-state index contributed by atoms with van der Waals surface area (Å²) in [6.45, 7) is 0. The highest BCUT2D eigenvalue weighted by Crippen LogP contribution is 2.16. The topological polar surface area (TPSA) is 50.7 Å². The first-order chi connectivity index (χ1) is 11.6. The van der Waals surface area contributed by atoms with Crippen LogP contribution in [-0.4, -0.2) is 18.9 Å². The molecule has 2 aromatic carbocycles. The van der Waals surface area contributed by atoms with Crippen molar-refractivity contribution in [1.29, 1.82) is 0 Å². The highest BCUT2D eigenvalue weighted by Gasteiger charge is 2.19. The lowest BCUT2D eigenvalue weighted by atomic mass is 10.1. The second kappa shape index (κ2) is 7.08. The summed E-state index contributed by atoms with van der Waals surface area (Å²) in [7, 11) is 1.63. The van der Waals surface area contributed by atoms with Crippen LogP contribution in [0.1, 0.15) is 17.5 Å². The first-order valence-corrected chi connectivity index (χ1v) is 7.63. The summed E-state index contributed by atoms with van der Waals surface area (Å²) in [5, 5.41) is 2.77. The molecule has 5 heteroatoms. The smallest absolute Gasteiger partial charge is 0.275 e. The van der Waals surface area contributed by atoms with E-state index in [2.05, 4.69) is 10.3 Å². The number of carbonyl (C=O) groups excluding carboxylic acids is 1. The van der Waals surface area contributed by atoms with E-state index in [1.54, 1.807) is 25.3 Å². The van der Waals surface area contributed by atoms with Gasteiger partial charge >= 0.3 is 0 Å². The van der Waals surface area contributed by atoms with E-state index in [9.17, 15) is 9.18 Å². The quantitative estimate of drug-likeness (QED) is 0.858. The van der Waals surface area contributed by atoms with Gasteiger partial charge in [0.15, 0.2) is 0 Å². The van der Waals surface area contributed by atoms with Gasteiger partial charge in [-0.3, -0.25) is 4.79 Å². The number of benzene rings is 2. The molecular weight excluding hydrogens is 307 g/mol. The van der Waals surface area contributed by atoms with E-state index in [0.717, 1.165) is 23.3 Å². The van der Waals surface area contributed by atoms with E-state index < -0.39 is 0 Å². The van der Waals surface area contributed by atoms with Crippen molar-refractivity contribution < 1.29 is 13.9 Å². The number of nitrogens with zero attached hydrogens (tertiary/aromatic N) is 1. The van der Waals surface area contributed by atoms with Crippen LogP contribution in [0, 0.1) is 5.82 Å². The minimum Gasteiger partial charge on any atom is -0.497 e. The van der Waals surface area contributed by atoms with E-state index in [0.29, 0.717) is 18.0 Å². The molecule has 0 radical (unpaired) electrons. The second-order valence-corrected chi connectivity index (χ2v) is 5.44. The fraction of sp³-hybridized carbons (Fsp3) is 0.158. The zero-order chi connectivity index (χ0) is 16.9. The summed E-state index contributed by atoms with van der Waals surface area (Å²) in [5.74, 6) is 0.916. The summed E-state index contributed by atoms with van der Waals surface area (Å²) in [5.41, 5.74) is 2.22. The number of amidine groups is 1. The summed E-state index contributed by atoms with van der Waals surface area (Å²) < 4.78 is 18.0. The Labute approximate surface area is 139 Å². The number of amides is 1. The van der Waals surface area contributed by atoms with Crippen LogP contribution in [0.3, 0.4) is 0 Å². The maximum absolute atomic E-state index is 12.9. The fourth-order valence-electron chi connectivity index (χ4n) is 2.41. The zero-order valence-corrected chi connectivity index (χ0v) is 13.3. The SMILES string of the molecule is COc1ccc(CCC2=N/C(=C/c3ccc(F)cc3)C(=O)N2)cc1. The van der Waals surface area contributed by atoms with Crippen LogP contribution in [0.4, 0.5) is 4.39 Å². The standard InChI is InChI=1S/C19H17FN2O2/c1-24-16-9-4-13(5-10-16)6-11-18-21-17(19(23)22-18)12-14-2-7-15(20)8-3-14/h2-5,7-10,12H,6,11H2,1H3,(H,21,22,23)/b17-12+. The predicted molar refractivity (Wildman–Crippen MR) is 91.3 cm³/mol. The number of aliphatic imine (C=N–C) groups is 1. The summed E-state index contributed by atoms with van der Waals surface area (Å²) in [4.78, 5) is 16.3. The molecule has 0 unspecified atom stereocenters. The first-order valence-electron chi connectivity index (χ1n) is 7.63. The van der Waals surface area contributed by atoms with Crippen molar-refractivity contribution in [3.05, 3.63) is 71.2 Å². The number of carbonyl (C=O) groups is 1. The van der Waals surface area contributed by atoms with Gasteiger partial charge in [-0.1, -0.05) is 24.3 Å². The van der Waals surface area contributed by atoms with Gasteiger partial charge in [0.2, 0.25) is 0 Å². The highest BCUT2D eigenvalue weighted by atomic mass is 19.1. The molecule has 0 bridgehead atoms. The number of halogens is 1. The predicted octanol–water partition coefficient (Wildman–Crippen LogP) is 3.34. The zero-order valence-electron chi connectivity index (χ0n) is 13.3. The maximum Gasteiger partial charge on any atom is 0.275 e. The monoisotopic (exact) mass is 324 g/mol. The number of aryl methyl sites for hydroxylation is 1. The Morgan fingerprint density at radius 2 is 1.79 bits per heavy atom. The number of nitrogens with one attached hydrogen (secondary N) is 1. The van der Waals surface area contributed by atoms with E-state index >= 15 is 0 Å². The van der Waals surface area contributed by atoms with Crippen LogP contribution in [0.2, 0.25) is 0 Å². The van der Waals surface area contributed by atoms with Crippen LogP contribution in [-0.2, 0) is 11.2 Å². The number of hydrogen-bond donors (Lipinski definition) is 1. The number of hydrogen-bond acceptors (Lipinski definition) is 3. The molecule has 0 fully saturated rings. The van der Waals surface area contributed by atoms with E-state index in [-0.39, 0.29) is 11.7 Å². The summed E-state index contributed by atoms with van der Waals surface area (Å²) in [6, 6.07) is 13.7. The Morgan fingerprint density at radius 1 is 1.08 bits per heavy atom. The molecule has 0 atom stereocenters. The van der Waals surface area contributed by atoms with Crippen molar-refractivity contribution >= 4 is 17.8 Å². The molecule has 1 N–H and O–H groups in total. The molecule has 0 saturated carbocycles. The number of methoxy groups -OCH3 is 1. The molecule has 1 aliphatic rings. The molecular formula is C19H17FN2O2. The van der Waals surface area contributed by atoms with Gasteiger partial charge in [-0.05, 0) is 47.9 Å². The fourth-order valence-corrected chi connectivity index (χ4v) is 2.41. The molecule has 0 aromatic heterocycles. The Morgan fingerprint density at radius 3 is 2.46 bits per heavy atom. The van der Waals surface area contributed by atoms with E-state index in [4.69, 9.17) is 4.74 Å². The van der Waals surface area contributed by atoms with Crippen molar-refractivity contribution in [3.8, 4) is 5.75 Å². The molecule has 1 aliphatic heterocycles. The van der Waals surface area contributed by atoms with Gasteiger partial charge in [0, 0.05) is 6.42 Å². The molecule has 4 nitrogen and oxygen atoms in total. The lowest BCUT2D eigenvalue weighted by molar-refractivity contribution is -0.115. The minimum atomic E-state index is -0.309. The molecule has 1 amide bonds. The Bertz CT molecular complexity index is 793. The molecule has 2 aromatic rings. The van der Waals surface area contributed by atoms with E-state index in [1.807, 2.05) is 24.3 Å². The molecule has 3 rings (SSSR count). The van der Waals surface area contributed by atoms with Crippen molar-refractivity contribution in [2.75, 3.05) is 7.11 Å². The third-order valence-corrected chi connectivity index (χ3v) is 3.73. The summed E-state index contributed by atoms with van der Waals surface area (Å²) in [6.07, 6.45) is 3.06. The van der Waals surface area contributed by atoms with Gasteiger partial charge in [-0.25, -0.2) is 9.38 Å². The largest absolute Gasteiger partial charge is 0.497 e. The van der Waals surface area contributed by atoms with Gasteiger partial charge in [-0.2, -0.15) is 0 Å². The number of ether oxygens (including phenoxy) is 1. The second-order valence-electron chi connectivity index (χ2n) is 5.44. The van der Waals surface area contributed by atoms with Crippen LogP contribution in [0.25, 0.3) is 6.08 Å². The van der Waals surface area contributed by atoms with Crippen molar-refractivity contribution in [2.45, 2.75) is 12.8 Å². The van der Waals surface area contributed by atoms with E-state index in [1.165, 1.54) is 12.1 Å². The van der Waals surface area contributed by atoms with Crippen LogP contribution in [0.5, 0.6) is 5.75 Å². The normalized spacial score (nSPS) is 15.3. The van der Waals surface area contributed by atoms with Gasteiger partial charge in [0.25, 0.3) is 5.91 Å². The average Bonchev–Trinajstić information content (AvgIpc) is 2.95. The number of rotatable bonds is 5. The summed E-state index contributed by atoms with van der Waals surface area (Å²) >= 11 is 0. The molecule has 0 aliphatic carbocycles. The molecule has 0 spiro atoms. The van der Waals surface area contributed by atoms with Gasteiger partial charge in [-0.15, -0.1) is 0 Å². The maximum atomic E-state index is 12.9. The third-order valence-electron chi connectivity index (χ3n) is 3.73. The van der Waals surface area contributed by atoms with Gasteiger partial charge in [0.1, 0.15) is 23.1 Å². The molecule has 122 valence electrons.